The van der Waals surface area contributed by atoms with E-state index in [0.717, 1.165) is 19.3 Å². The number of nitrogens with one attached hydrogen (secondary N) is 1. The van der Waals surface area contributed by atoms with Crippen molar-refractivity contribution >= 4 is 21.6 Å². The van der Waals surface area contributed by atoms with E-state index in [4.69, 9.17) is 0 Å². The van der Waals surface area contributed by atoms with Crippen LogP contribution in [-0.4, -0.2) is 31.7 Å². The first-order valence-electron chi connectivity index (χ1n) is 8.97. The Balaban J connectivity index is 1.88. The van der Waals surface area contributed by atoms with Crippen LogP contribution >= 0.6 is 0 Å². The fourth-order valence-electron chi connectivity index (χ4n) is 3.13. The Morgan fingerprint density at radius 1 is 1.00 bits per heavy atom. The number of hydrogen-bond donors (Lipinski definition) is 1. The summed E-state index contributed by atoms with van der Waals surface area (Å²) in [5, 5.41) is 2.64. The standard InChI is InChI=1S/C20H23FN2O3S/c1-14-7-9-17(27(25,26)23-10-4-3-5-11-23)13-18(14)20(24)22-16-8-6-15(2)19(21)12-16/h6-9,12-13H,3-5,10-11H2,1-2H3,(H,22,24). The lowest BCUT2D eigenvalue weighted by Crippen LogP contribution is -2.35. The van der Waals surface area contributed by atoms with Gasteiger partial charge in [0.25, 0.3) is 5.91 Å². The summed E-state index contributed by atoms with van der Waals surface area (Å²) in [5.41, 5.74) is 1.72. The van der Waals surface area contributed by atoms with Crippen LogP contribution in [0.5, 0.6) is 0 Å². The zero-order valence-corrected chi connectivity index (χ0v) is 16.3. The third-order valence-corrected chi connectivity index (χ3v) is 6.73. The summed E-state index contributed by atoms with van der Waals surface area (Å²) < 4.78 is 40.9. The van der Waals surface area contributed by atoms with Crippen molar-refractivity contribution in [3.8, 4) is 0 Å². The van der Waals surface area contributed by atoms with Crippen LogP contribution in [0, 0.1) is 19.7 Å². The lowest BCUT2D eigenvalue weighted by Gasteiger charge is -2.26. The number of carbonyl (C=O) groups excluding carboxylic acids is 1. The molecule has 0 radical (unpaired) electrons. The molecule has 1 amide bonds. The number of rotatable bonds is 4. The maximum atomic E-state index is 13.7. The normalized spacial score (nSPS) is 15.5. The SMILES string of the molecule is Cc1ccc(NC(=O)c2cc(S(=O)(=O)N3CCCCC3)ccc2C)cc1F. The van der Waals surface area contributed by atoms with Gasteiger partial charge in [0.1, 0.15) is 5.82 Å². The number of anilines is 1. The molecule has 0 spiro atoms. The second-order valence-electron chi connectivity index (χ2n) is 6.86. The van der Waals surface area contributed by atoms with Gasteiger partial charge < -0.3 is 5.32 Å². The third kappa shape index (κ3) is 4.20. The van der Waals surface area contributed by atoms with Gasteiger partial charge in [-0.1, -0.05) is 18.6 Å². The van der Waals surface area contributed by atoms with Crippen molar-refractivity contribution < 1.29 is 17.6 Å². The van der Waals surface area contributed by atoms with E-state index in [1.165, 1.54) is 22.5 Å². The molecule has 0 aliphatic carbocycles. The molecule has 144 valence electrons. The Bertz CT molecular complexity index is 967. The molecule has 1 saturated heterocycles. The minimum atomic E-state index is -3.63. The van der Waals surface area contributed by atoms with Crippen LogP contribution in [-0.2, 0) is 10.0 Å². The van der Waals surface area contributed by atoms with E-state index in [1.54, 1.807) is 32.0 Å². The van der Waals surface area contributed by atoms with Crippen molar-refractivity contribution in [3.63, 3.8) is 0 Å². The van der Waals surface area contributed by atoms with Crippen LogP contribution in [0.4, 0.5) is 10.1 Å². The first-order valence-corrected chi connectivity index (χ1v) is 10.4. The summed E-state index contributed by atoms with van der Waals surface area (Å²) in [5.74, 6) is -0.877. The Morgan fingerprint density at radius 3 is 2.33 bits per heavy atom. The molecule has 2 aromatic rings. The highest BCUT2D eigenvalue weighted by Crippen LogP contribution is 2.23. The van der Waals surface area contributed by atoms with E-state index in [0.29, 0.717) is 29.9 Å². The predicted molar refractivity (Wildman–Crippen MR) is 103 cm³/mol. The Hall–Kier alpha value is -2.25. The smallest absolute Gasteiger partial charge is 0.255 e. The number of benzene rings is 2. The second-order valence-corrected chi connectivity index (χ2v) is 8.80. The number of carbonyl (C=O) groups is 1. The number of hydrogen-bond acceptors (Lipinski definition) is 3. The Kier molecular flexibility index (Phi) is 5.62. The number of aryl methyl sites for hydroxylation is 2. The largest absolute Gasteiger partial charge is 0.322 e. The van der Waals surface area contributed by atoms with E-state index in [2.05, 4.69) is 5.32 Å². The molecule has 0 atom stereocenters. The van der Waals surface area contributed by atoms with Gasteiger partial charge in [0.05, 0.1) is 4.90 Å². The fourth-order valence-corrected chi connectivity index (χ4v) is 4.67. The average Bonchev–Trinajstić information content (AvgIpc) is 2.65. The van der Waals surface area contributed by atoms with Gasteiger partial charge in [0.15, 0.2) is 0 Å². The van der Waals surface area contributed by atoms with Crippen molar-refractivity contribution in [2.45, 2.75) is 38.0 Å². The van der Waals surface area contributed by atoms with Crippen molar-refractivity contribution in [1.29, 1.82) is 0 Å². The van der Waals surface area contributed by atoms with Crippen LogP contribution in [0.1, 0.15) is 40.7 Å². The molecule has 3 rings (SSSR count). The van der Waals surface area contributed by atoms with Gasteiger partial charge in [0.2, 0.25) is 10.0 Å². The molecular formula is C20H23FN2O3S. The highest BCUT2D eigenvalue weighted by Gasteiger charge is 2.27. The van der Waals surface area contributed by atoms with Crippen LogP contribution < -0.4 is 5.32 Å². The van der Waals surface area contributed by atoms with Crippen molar-refractivity contribution in [1.82, 2.24) is 4.31 Å². The van der Waals surface area contributed by atoms with Crippen LogP contribution in [0.25, 0.3) is 0 Å². The molecule has 1 heterocycles. The summed E-state index contributed by atoms with van der Waals surface area (Å²) in [7, 11) is -3.63. The molecule has 5 nitrogen and oxygen atoms in total. The summed E-state index contributed by atoms with van der Waals surface area (Å²) in [6.07, 6.45) is 2.72. The third-order valence-electron chi connectivity index (χ3n) is 4.84. The minimum Gasteiger partial charge on any atom is -0.322 e. The molecule has 0 aromatic heterocycles. The number of halogens is 1. The monoisotopic (exact) mass is 390 g/mol. The van der Waals surface area contributed by atoms with Gasteiger partial charge in [-0.3, -0.25) is 4.79 Å². The molecule has 0 unspecified atom stereocenters. The molecule has 1 fully saturated rings. The van der Waals surface area contributed by atoms with Gasteiger partial charge in [-0.15, -0.1) is 0 Å². The van der Waals surface area contributed by atoms with Gasteiger partial charge in [0, 0.05) is 24.3 Å². The highest BCUT2D eigenvalue weighted by molar-refractivity contribution is 7.89. The molecule has 0 bridgehead atoms. The Labute approximate surface area is 159 Å². The molecule has 1 aliphatic heterocycles. The molecule has 1 N–H and O–H groups in total. The maximum absolute atomic E-state index is 13.7. The minimum absolute atomic E-state index is 0.107. The predicted octanol–water partition coefficient (Wildman–Crippen LogP) is 3.87. The number of sulfonamides is 1. The molecule has 1 aliphatic rings. The van der Waals surface area contributed by atoms with Crippen LogP contribution in [0.3, 0.4) is 0 Å². The topological polar surface area (TPSA) is 66.5 Å². The second kappa shape index (κ2) is 7.78. The van der Waals surface area contributed by atoms with E-state index in [-0.39, 0.29) is 10.5 Å². The lowest BCUT2D eigenvalue weighted by molar-refractivity contribution is 0.102. The molecule has 2 aromatic carbocycles. The van der Waals surface area contributed by atoms with Crippen molar-refractivity contribution in [3.05, 3.63) is 58.9 Å². The highest BCUT2D eigenvalue weighted by atomic mass is 32.2. The first kappa shape index (κ1) is 19.5. The summed E-state index contributed by atoms with van der Waals surface area (Å²) in [6, 6.07) is 8.99. The van der Waals surface area contributed by atoms with Crippen molar-refractivity contribution in [2.75, 3.05) is 18.4 Å². The zero-order chi connectivity index (χ0) is 19.6. The average molecular weight is 390 g/mol. The van der Waals surface area contributed by atoms with Gasteiger partial charge in [-0.05, 0) is 62.1 Å². The maximum Gasteiger partial charge on any atom is 0.255 e. The summed E-state index contributed by atoms with van der Waals surface area (Å²) >= 11 is 0. The Morgan fingerprint density at radius 2 is 1.67 bits per heavy atom. The fraction of sp³-hybridized carbons (Fsp3) is 0.350. The summed E-state index contributed by atoms with van der Waals surface area (Å²) in [6.45, 7) is 4.38. The first-order chi connectivity index (χ1) is 12.8. The number of nitrogens with zero attached hydrogens (tertiary/aromatic N) is 1. The van der Waals surface area contributed by atoms with E-state index in [9.17, 15) is 17.6 Å². The summed E-state index contributed by atoms with van der Waals surface area (Å²) in [4.78, 5) is 12.8. The molecule has 0 saturated carbocycles. The molecule has 7 heteroatoms. The van der Waals surface area contributed by atoms with Crippen molar-refractivity contribution in [2.24, 2.45) is 0 Å². The number of amides is 1. The number of piperidine rings is 1. The van der Waals surface area contributed by atoms with Gasteiger partial charge >= 0.3 is 0 Å². The van der Waals surface area contributed by atoms with Crippen LogP contribution in [0.2, 0.25) is 0 Å². The van der Waals surface area contributed by atoms with Gasteiger partial charge in [-0.25, -0.2) is 12.8 Å². The zero-order valence-electron chi connectivity index (χ0n) is 15.5. The van der Waals surface area contributed by atoms with E-state index >= 15 is 0 Å². The quantitative estimate of drug-likeness (QED) is 0.862. The van der Waals surface area contributed by atoms with Gasteiger partial charge in [-0.2, -0.15) is 4.31 Å². The molecule has 27 heavy (non-hydrogen) atoms. The van der Waals surface area contributed by atoms with E-state index < -0.39 is 21.7 Å². The molecular weight excluding hydrogens is 367 g/mol. The van der Waals surface area contributed by atoms with Crippen LogP contribution in [0.15, 0.2) is 41.3 Å². The van der Waals surface area contributed by atoms with E-state index in [1.807, 2.05) is 0 Å². The lowest BCUT2D eigenvalue weighted by atomic mass is 10.1.